The average Bonchev–Trinajstić information content (AvgIpc) is 2.63. The fraction of sp³-hybridized carbons (Fsp3) is 0.647. The zero-order valence-corrected chi connectivity index (χ0v) is 11.6. The van der Waals surface area contributed by atoms with Gasteiger partial charge in [-0.3, -0.25) is 0 Å². The van der Waals surface area contributed by atoms with Crippen molar-refractivity contribution in [3.8, 4) is 0 Å². The fourth-order valence-corrected chi connectivity index (χ4v) is 4.55. The van der Waals surface area contributed by atoms with E-state index in [1.807, 2.05) is 12.1 Å². The van der Waals surface area contributed by atoms with Crippen molar-refractivity contribution in [2.75, 3.05) is 6.54 Å². The Bertz CT molecular complexity index is 438. The molecule has 2 N–H and O–H groups in total. The molecule has 1 aromatic carbocycles. The summed E-state index contributed by atoms with van der Waals surface area (Å²) < 4.78 is 14.1. The quantitative estimate of drug-likeness (QED) is 0.850. The Balaban J connectivity index is 1.83. The third-order valence-corrected chi connectivity index (χ3v) is 5.43. The number of benzene rings is 1. The molecule has 104 valence electrons. The zero-order valence-electron chi connectivity index (χ0n) is 11.6. The average molecular weight is 261 g/mol. The van der Waals surface area contributed by atoms with Gasteiger partial charge in [-0.1, -0.05) is 43.9 Å². The highest BCUT2D eigenvalue weighted by Gasteiger charge is 2.54. The maximum atomic E-state index is 14.1. The first kappa shape index (κ1) is 13.1. The standard InChI is InChI=1S/C17H24FN/c18-15-8-4-3-7-14(15)17(13-19)11-16(12-17)9-5-1-2-6-10-16/h3-4,7-8H,1-2,5-6,9-13,19H2. The van der Waals surface area contributed by atoms with E-state index >= 15 is 0 Å². The third-order valence-electron chi connectivity index (χ3n) is 5.43. The molecule has 1 aromatic rings. The minimum atomic E-state index is -0.0876. The predicted octanol–water partition coefficient (Wildman–Crippen LogP) is 4.16. The van der Waals surface area contributed by atoms with Crippen LogP contribution in [0.25, 0.3) is 0 Å². The molecule has 2 aliphatic carbocycles. The molecular formula is C17H24FN. The van der Waals surface area contributed by atoms with Crippen molar-refractivity contribution >= 4 is 0 Å². The van der Waals surface area contributed by atoms with Crippen LogP contribution in [0.5, 0.6) is 0 Å². The summed E-state index contributed by atoms with van der Waals surface area (Å²) in [6.07, 6.45) is 10.3. The molecule has 2 fully saturated rings. The molecule has 0 unspecified atom stereocenters. The van der Waals surface area contributed by atoms with E-state index in [0.29, 0.717) is 12.0 Å². The second kappa shape index (κ2) is 4.90. The Morgan fingerprint density at radius 2 is 1.63 bits per heavy atom. The molecule has 0 aromatic heterocycles. The fourth-order valence-electron chi connectivity index (χ4n) is 4.55. The summed E-state index contributed by atoms with van der Waals surface area (Å²) >= 11 is 0. The largest absolute Gasteiger partial charge is 0.330 e. The van der Waals surface area contributed by atoms with Gasteiger partial charge in [-0.25, -0.2) is 4.39 Å². The van der Waals surface area contributed by atoms with Crippen LogP contribution in [0.1, 0.15) is 56.9 Å². The van der Waals surface area contributed by atoms with Crippen molar-refractivity contribution in [1.29, 1.82) is 0 Å². The second-order valence-corrected chi connectivity index (χ2v) is 6.73. The Morgan fingerprint density at radius 1 is 1.00 bits per heavy atom. The third kappa shape index (κ3) is 2.20. The van der Waals surface area contributed by atoms with Crippen LogP contribution >= 0.6 is 0 Å². The zero-order chi connectivity index (χ0) is 13.3. The summed E-state index contributed by atoms with van der Waals surface area (Å²) in [6, 6.07) is 7.22. The highest BCUT2D eigenvalue weighted by atomic mass is 19.1. The van der Waals surface area contributed by atoms with Gasteiger partial charge in [0.25, 0.3) is 0 Å². The van der Waals surface area contributed by atoms with Crippen LogP contribution in [-0.2, 0) is 5.41 Å². The van der Waals surface area contributed by atoms with Gasteiger partial charge in [-0.2, -0.15) is 0 Å². The first-order valence-electron chi connectivity index (χ1n) is 7.65. The molecule has 0 saturated heterocycles. The van der Waals surface area contributed by atoms with Crippen molar-refractivity contribution in [2.24, 2.45) is 11.1 Å². The van der Waals surface area contributed by atoms with Gasteiger partial charge < -0.3 is 5.73 Å². The van der Waals surface area contributed by atoms with Gasteiger partial charge in [0.2, 0.25) is 0 Å². The van der Waals surface area contributed by atoms with Crippen molar-refractivity contribution < 1.29 is 4.39 Å². The topological polar surface area (TPSA) is 26.0 Å². The Hall–Kier alpha value is -0.890. The summed E-state index contributed by atoms with van der Waals surface area (Å²) in [6.45, 7) is 0.579. The molecule has 0 aliphatic heterocycles. The lowest BCUT2D eigenvalue weighted by atomic mass is 9.48. The molecule has 2 heteroatoms. The molecule has 19 heavy (non-hydrogen) atoms. The second-order valence-electron chi connectivity index (χ2n) is 6.73. The summed E-state index contributed by atoms with van der Waals surface area (Å²) in [4.78, 5) is 0. The van der Waals surface area contributed by atoms with Gasteiger partial charge >= 0.3 is 0 Å². The van der Waals surface area contributed by atoms with Crippen molar-refractivity contribution in [1.82, 2.24) is 0 Å². The molecule has 2 aliphatic rings. The van der Waals surface area contributed by atoms with Gasteiger partial charge in [0, 0.05) is 12.0 Å². The number of hydrogen-bond donors (Lipinski definition) is 1. The Labute approximate surface area is 115 Å². The lowest BCUT2D eigenvalue weighted by Gasteiger charge is -2.57. The molecule has 1 nitrogen and oxygen atoms in total. The van der Waals surface area contributed by atoms with Crippen LogP contribution in [-0.4, -0.2) is 6.54 Å². The normalized spacial score (nSPS) is 24.7. The number of halogens is 1. The van der Waals surface area contributed by atoms with Crippen LogP contribution in [0.4, 0.5) is 4.39 Å². The molecule has 0 amide bonds. The van der Waals surface area contributed by atoms with E-state index in [0.717, 1.165) is 18.4 Å². The van der Waals surface area contributed by atoms with Crippen LogP contribution in [0.3, 0.4) is 0 Å². The van der Waals surface area contributed by atoms with Crippen molar-refractivity contribution in [3.63, 3.8) is 0 Å². The summed E-state index contributed by atoms with van der Waals surface area (Å²) in [5, 5.41) is 0. The van der Waals surface area contributed by atoms with Gasteiger partial charge in [0.1, 0.15) is 5.82 Å². The van der Waals surface area contributed by atoms with E-state index in [-0.39, 0.29) is 11.2 Å². The lowest BCUT2D eigenvalue weighted by molar-refractivity contribution is 0.00926. The maximum Gasteiger partial charge on any atom is 0.127 e. The summed E-state index contributed by atoms with van der Waals surface area (Å²) in [7, 11) is 0. The van der Waals surface area contributed by atoms with Crippen LogP contribution in [0.15, 0.2) is 24.3 Å². The number of rotatable bonds is 2. The van der Waals surface area contributed by atoms with E-state index < -0.39 is 0 Å². The highest BCUT2D eigenvalue weighted by Crippen LogP contribution is 2.61. The van der Waals surface area contributed by atoms with E-state index in [1.165, 1.54) is 38.5 Å². The highest BCUT2D eigenvalue weighted by molar-refractivity contribution is 5.32. The molecule has 0 bridgehead atoms. The minimum Gasteiger partial charge on any atom is -0.330 e. The Morgan fingerprint density at radius 3 is 2.21 bits per heavy atom. The van der Waals surface area contributed by atoms with Gasteiger partial charge in [0.05, 0.1) is 0 Å². The molecule has 0 heterocycles. The smallest absolute Gasteiger partial charge is 0.127 e. The molecule has 3 rings (SSSR count). The molecular weight excluding hydrogens is 237 g/mol. The first-order valence-corrected chi connectivity index (χ1v) is 7.65. The summed E-state index contributed by atoms with van der Waals surface area (Å²) in [5.74, 6) is -0.0728. The molecule has 0 radical (unpaired) electrons. The van der Waals surface area contributed by atoms with Crippen LogP contribution in [0.2, 0.25) is 0 Å². The van der Waals surface area contributed by atoms with Gasteiger partial charge in [0.15, 0.2) is 0 Å². The van der Waals surface area contributed by atoms with E-state index in [4.69, 9.17) is 5.73 Å². The van der Waals surface area contributed by atoms with Crippen LogP contribution in [0, 0.1) is 11.2 Å². The van der Waals surface area contributed by atoms with E-state index in [2.05, 4.69) is 0 Å². The van der Waals surface area contributed by atoms with Crippen LogP contribution < -0.4 is 5.73 Å². The monoisotopic (exact) mass is 261 g/mol. The maximum absolute atomic E-state index is 14.1. The lowest BCUT2D eigenvalue weighted by Crippen LogP contribution is -2.54. The van der Waals surface area contributed by atoms with Gasteiger partial charge in [-0.15, -0.1) is 0 Å². The Kier molecular flexibility index (Phi) is 3.38. The number of hydrogen-bond acceptors (Lipinski definition) is 1. The summed E-state index contributed by atoms with van der Waals surface area (Å²) in [5.41, 5.74) is 7.27. The minimum absolute atomic E-state index is 0.0728. The van der Waals surface area contributed by atoms with E-state index in [9.17, 15) is 4.39 Å². The number of nitrogens with two attached hydrogens (primary N) is 1. The SMILES string of the molecule is NCC1(c2ccccc2F)CC2(CCCCCC2)C1. The molecule has 2 saturated carbocycles. The predicted molar refractivity (Wildman–Crippen MR) is 76.5 cm³/mol. The first-order chi connectivity index (χ1) is 9.20. The van der Waals surface area contributed by atoms with Crippen molar-refractivity contribution in [3.05, 3.63) is 35.6 Å². The van der Waals surface area contributed by atoms with Gasteiger partial charge in [-0.05, 0) is 42.7 Å². The molecule has 0 atom stereocenters. The molecule has 1 spiro atoms. The van der Waals surface area contributed by atoms with E-state index in [1.54, 1.807) is 12.1 Å². The van der Waals surface area contributed by atoms with Crippen molar-refractivity contribution in [2.45, 2.75) is 56.8 Å².